The van der Waals surface area contributed by atoms with Gasteiger partial charge in [-0.1, -0.05) is 0 Å². The van der Waals surface area contributed by atoms with Gasteiger partial charge in [-0.3, -0.25) is 4.79 Å². The van der Waals surface area contributed by atoms with E-state index in [9.17, 15) is 9.18 Å². The van der Waals surface area contributed by atoms with Crippen molar-refractivity contribution < 1.29 is 13.9 Å². The number of ether oxygens (including phenoxy) is 1. The molecule has 0 spiro atoms. The van der Waals surface area contributed by atoms with Crippen LogP contribution in [0.5, 0.6) is 0 Å². The molecular formula is C14H20FNO2. The van der Waals surface area contributed by atoms with Crippen molar-refractivity contribution in [3.8, 4) is 0 Å². The molecule has 0 heterocycles. The van der Waals surface area contributed by atoms with E-state index in [1.165, 1.54) is 12.1 Å². The lowest BCUT2D eigenvalue weighted by atomic mass is 10.0. The quantitative estimate of drug-likeness (QED) is 0.665. The number of hydrogen-bond acceptors (Lipinski definition) is 3. The van der Waals surface area contributed by atoms with E-state index in [2.05, 4.69) is 0 Å². The Balaban J connectivity index is 2.70. The van der Waals surface area contributed by atoms with E-state index in [0.29, 0.717) is 23.2 Å². The third kappa shape index (κ3) is 4.02. The Kier molecular flexibility index (Phi) is 4.33. The molecule has 0 aliphatic heterocycles. The Morgan fingerprint density at radius 1 is 1.39 bits per heavy atom. The molecule has 0 aliphatic rings. The highest BCUT2D eigenvalue weighted by Crippen LogP contribution is 2.21. The van der Waals surface area contributed by atoms with Crippen LogP contribution in [0.4, 0.5) is 10.1 Å². The van der Waals surface area contributed by atoms with Gasteiger partial charge in [-0.15, -0.1) is 0 Å². The Labute approximate surface area is 107 Å². The van der Waals surface area contributed by atoms with Crippen LogP contribution in [0.15, 0.2) is 12.1 Å². The number of nitrogens with two attached hydrogens (primary N) is 1. The molecule has 0 aromatic heterocycles. The van der Waals surface area contributed by atoms with Crippen LogP contribution < -0.4 is 5.73 Å². The molecule has 0 saturated carbocycles. The van der Waals surface area contributed by atoms with Gasteiger partial charge in [0.15, 0.2) is 0 Å². The minimum Gasteiger partial charge on any atom is -0.460 e. The SMILES string of the molecule is Cc1c(N)ccc(F)c1CCC(=O)OC(C)(C)C. The Bertz CT molecular complexity index is 450. The van der Waals surface area contributed by atoms with Gasteiger partial charge in [-0.25, -0.2) is 4.39 Å². The number of hydrogen-bond donors (Lipinski definition) is 1. The summed E-state index contributed by atoms with van der Waals surface area (Å²) in [5.41, 5.74) is 6.92. The van der Waals surface area contributed by atoms with Gasteiger partial charge >= 0.3 is 5.97 Å². The lowest BCUT2D eigenvalue weighted by Gasteiger charge is -2.19. The topological polar surface area (TPSA) is 52.3 Å². The molecule has 0 amide bonds. The maximum absolute atomic E-state index is 13.6. The number of anilines is 1. The third-order valence-electron chi connectivity index (χ3n) is 2.58. The van der Waals surface area contributed by atoms with Crippen LogP contribution in [0.1, 0.15) is 38.3 Å². The van der Waals surface area contributed by atoms with Crippen LogP contribution in [-0.2, 0) is 16.0 Å². The summed E-state index contributed by atoms with van der Waals surface area (Å²) in [4.78, 5) is 11.6. The Morgan fingerprint density at radius 2 is 2.00 bits per heavy atom. The van der Waals surface area contributed by atoms with Crippen molar-refractivity contribution in [1.29, 1.82) is 0 Å². The summed E-state index contributed by atoms with van der Waals surface area (Å²) in [5, 5.41) is 0. The molecule has 0 aliphatic carbocycles. The molecule has 4 heteroatoms. The average molecular weight is 253 g/mol. The number of benzene rings is 1. The Hall–Kier alpha value is -1.58. The van der Waals surface area contributed by atoms with Gasteiger partial charge in [0.05, 0.1) is 0 Å². The summed E-state index contributed by atoms with van der Waals surface area (Å²) in [5.74, 6) is -0.658. The van der Waals surface area contributed by atoms with Crippen molar-refractivity contribution in [3.05, 3.63) is 29.1 Å². The van der Waals surface area contributed by atoms with E-state index in [1.54, 1.807) is 27.7 Å². The first kappa shape index (κ1) is 14.5. The van der Waals surface area contributed by atoms with E-state index in [0.717, 1.165) is 0 Å². The van der Waals surface area contributed by atoms with Crippen LogP contribution >= 0.6 is 0 Å². The number of esters is 1. The molecule has 0 saturated heterocycles. The second-order valence-electron chi connectivity index (χ2n) is 5.33. The van der Waals surface area contributed by atoms with Crippen LogP contribution in [-0.4, -0.2) is 11.6 Å². The molecule has 3 nitrogen and oxygen atoms in total. The molecular weight excluding hydrogens is 233 g/mol. The first-order valence-corrected chi connectivity index (χ1v) is 5.96. The lowest BCUT2D eigenvalue weighted by Crippen LogP contribution is -2.24. The molecule has 1 aromatic carbocycles. The fourth-order valence-electron chi connectivity index (χ4n) is 1.67. The van der Waals surface area contributed by atoms with E-state index in [-0.39, 0.29) is 18.2 Å². The van der Waals surface area contributed by atoms with Crippen LogP contribution in [0.3, 0.4) is 0 Å². The maximum Gasteiger partial charge on any atom is 0.306 e. The van der Waals surface area contributed by atoms with Crippen molar-refractivity contribution >= 4 is 11.7 Å². The summed E-state index contributed by atoms with van der Waals surface area (Å²) in [6.07, 6.45) is 0.454. The molecule has 0 atom stereocenters. The second-order valence-corrected chi connectivity index (χ2v) is 5.33. The molecule has 0 fully saturated rings. The van der Waals surface area contributed by atoms with Gasteiger partial charge in [0.2, 0.25) is 0 Å². The summed E-state index contributed by atoms with van der Waals surface area (Å²) < 4.78 is 18.8. The first-order valence-electron chi connectivity index (χ1n) is 5.96. The molecule has 100 valence electrons. The van der Waals surface area contributed by atoms with Gasteiger partial charge in [0.25, 0.3) is 0 Å². The van der Waals surface area contributed by atoms with Crippen molar-refractivity contribution in [3.63, 3.8) is 0 Å². The molecule has 1 rings (SSSR count). The van der Waals surface area contributed by atoms with Crippen LogP contribution in [0, 0.1) is 12.7 Å². The van der Waals surface area contributed by atoms with Gasteiger partial charge in [0, 0.05) is 12.1 Å². The third-order valence-corrected chi connectivity index (χ3v) is 2.58. The minimum absolute atomic E-state index is 0.151. The van der Waals surface area contributed by atoms with E-state index in [1.807, 2.05) is 0 Å². The summed E-state index contributed by atoms with van der Waals surface area (Å²) in [6, 6.07) is 2.86. The van der Waals surface area contributed by atoms with Crippen molar-refractivity contribution in [2.24, 2.45) is 0 Å². The monoisotopic (exact) mass is 253 g/mol. The zero-order chi connectivity index (χ0) is 13.9. The predicted molar refractivity (Wildman–Crippen MR) is 69.7 cm³/mol. The van der Waals surface area contributed by atoms with Gasteiger partial charge < -0.3 is 10.5 Å². The predicted octanol–water partition coefficient (Wildman–Crippen LogP) is 2.99. The smallest absolute Gasteiger partial charge is 0.306 e. The van der Waals surface area contributed by atoms with Crippen LogP contribution in [0.25, 0.3) is 0 Å². The highest BCUT2D eigenvalue weighted by atomic mass is 19.1. The van der Waals surface area contributed by atoms with E-state index >= 15 is 0 Å². The van der Waals surface area contributed by atoms with E-state index < -0.39 is 5.60 Å². The van der Waals surface area contributed by atoms with Crippen molar-refractivity contribution in [1.82, 2.24) is 0 Å². The molecule has 0 radical (unpaired) electrons. The lowest BCUT2D eigenvalue weighted by molar-refractivity contribution is -0.154. The van der Waals surface area contributed by atoms with Gasteiger partial charge in [-0.05, 0) is 57.4 Å². The highest BCUT2D eigenvalue weighted by Gasteiger charge is 2.17. The Morgan fingerprint density at radius 3 is 2.56 bits per heavy atom. The summed E-state index contributed by atoms with van der Waals surface area (Å²) in [6.45, 7) is 7.16. The number of nitrogen functional groups attached to an aromatic ring is 1. The molecule has 18 heavy (non-hydrogen) atoms. The highest BCUT2D eigenvalue weighted by molar-refractivity contribution is 5.70. The first-order chi connectivity index (χ1) is 8.20. The van der Waals surface area contributed by atoms with Crippen LogP contribution in [0.2, 0.25) is 0 Å². The van der Waals surface area contributed by atoms with Gasteiger partial charge in [0.1, 0.15) is 11.4 Å². The second kappa shape index (κ2) is 5.38. The van der Waals surface area contributed by atoms with Crippen molar-refractivity contribution in [2.45, 2.75) is 46.1 Å². The molecule has 0 unspecified atom stereocenters. The zero-order valence-electron chi connectivity index (χ0n) is 11.3. The number of rotatable bonds is 3. The fraction of sp³-hybridized carbons (Fsp3) is 0.500. The van der Waals surface area contributed by atoms with Gasteiger partial charge in [-0.2, -0.15) is 0 Å². The summed E-state index contributed by atoms with van der Waals surface area (Å²) in [7, 11) is 0. The minimum atomic E-state index is -0.514. The molecule has 1 aromatic rings. The zero-order valence-corrected chi connectivity index (χ0v) is 11.3. The normalized spacial score (nSPS) is 11.4. The maximum atomic E-state index is 13.6. The average Bonchev–Trinajstić information content (AvgIpc) is 2.21. The number of halogens is 1. The number of carbonyl (C=O) groups excluding carboxylic acids is 1. The standard InChI is InChI=1S/C14H20FNO2/c1-9-10(11(15)6-7-12(9)16)5-8-13(17)18-14(2,3)4/h6-7H,5,8,16H2,1-4H3. The summed E-state index contributed by atoms with van der Waals surface area (Å²) >= 11 is 0. The van der Waals surface area contributed by atoms with E-state index in [4.69, 9.17) is 10.5 Å². The number of carbonyl (C=O) groups is 1. The fourth-order valence-corrected chi connectivity index (χ4v) is 1.67. The molecule has 2 N–H and O–H groups in total. The molecule has 0 bridgehead atoms. The van der Waals surface area contributed by atoms with Crippen molar-refractivity contribution in [2.75, 3.05) is 5.73 Å². The largest absolute Gasteiger partial charge is 0.460 e.